The largest absolute Gasteiger partial charge is 0.486 e. The van der Waals surface area contributed by atoms with Crippen molar-refractivity contribution in [3.63, 3.8) is 0 Å². The quantitative estimate of drug-likeness (QED) is 0.150. The number of hydrogen-bond donors (Lipinski definition) is 0. The second-order valence-electron chi connectivity index (χ2n) is 13.5. The second kappa shape index (κ2) is 16.4. The van der Waals surface area contributed by atoms with Gasteiger partial charge in [0.25, 0.3) is 0 Å². The molecule has 0 N–H and O–H groups in total. The van der Waals surface area contributed by atoms with E-state index in [1.807, 2.05) is 54.9 Å². The number of hydrogen-bond acceptors (Lipinski definition) is 4. The van der Waals surface area contributed by atoms with Crippen LogP contribution in [0, 0.1) is 25.0 Å². The molecule has 4 aromatic carbocycles. The van der Waals surface area contributed by atoms with Crippen LogP contribution < -0.4 is 0 Å². The predicted molar refractivity (Wildman–Crippen MR) is 207 cm³/mol. The number of aryl methyl sites for hydroxylation is 1. The smallest absolute Gasteiger partial charge is 0.216 e. The molecular weight excluding hydrogens is 815 g/mol. The topological polar surface area (TPSA) is 51.8 Å². The van der Waals surface area contributed by atoms with E-state index in [0.29, 0.717) is 5.71 Å². The van der Waals surface area contributed by atoms with E-state index in [4.69, 9.17) is 9.40 Å². The van der Waals surface area contributed by atoms with Crippen LogP contribution in [0.1, 0.15) is 48.1 Å². The first-order valence-corrected chi connectivity index (χ1v) is 17.9. The minimum atomic E-state index is 0. The Balaban J connectivity index is 0.000000180. The van der Waals surface area contributed by atoms with Crippen molar-refractivity contribution in [2.24, 2.45) is 5.92 Å². The van der Waals surface area contributed by atoms with E-state index in [0.717, 1.165) is 63.3 Å². The van der Waals surface area contributed by atoms with Gasteiger partial charge in [-0.15, -0.1) is 59.7 Å². The van der Waals surface area contributed by atoms with Gasteiger partial charge in [-0.2, -0.15) is 0 Å². The number of pyridine rings is 3. The fourth-order valence-corrected chi connectivity index (χ4v) is 7.14. The van der Waals surface area contributed by atoms with E-state index < -0.39 is 0 Å². The summed E-state index contributed by atoms with van der Waals surface area (Å²) in [6, 6.07) is 50.1. The van der Waals surface area contributed by atoms with Gasteiger partial charge in [0.05, 0.1) is 5.58 Å². The summed E-state index contributed by atoms with van der Waals surface area (Å²) in [4.78, 5) is 13.9. The van der Waals surface area contributed by atoms with E-state index in [1.165, 1.54) is 53.5 Å². The zero-order chi connectivity index (χ0) is 34.4. The van der Waals surface area contributed by atoms with Gasteiger partial charge in [0, 0.05) is 50.0 Å². The number of furan rings is 1. The molecule has 4 nitrogen and oxygen atoms in total. The van der Waals surface area contributed by atoms with Crippen LogP contribution in [0.2, 0.25) is 0 Å². The standard InChI is InChI=1S/C29H25N2O.C18H14N.Ir/c1-2-6-21(7-3-1)17-24-11-12-25-26-19-23(10-13-28(26)32-29(25)31-24)27-18-22(14-15-30-27)16-20-8-4-5-9-20;1-14-13-19-18(16-10-6-3-7-11-16)12-17(14)15-8-4-2-5-9-15;/h1-3,6-7,11-15,18-20H,4-5,8-9,16-17H2;2-10,12-13H,1H3;/q2*-1;. The van der Waals surface area contributed by atoms with E-state index in [1.54, 1.807) is 0 Å². The summed E-state index contributed by atoms with van der Waals surface area (Å²) >= 11 is 0. The molecule has 0 bridgehead atoms. The van der Waals surface area contributed by atoms with E-state index in [-0.39, 0.29) is 20.1 Å². The second-order valence-corrected chi connectivity index (χ2v) is 13.5. The average molecular weight is 854 g/mol. The normalized spacial score (nSPS) is 12.7. The van der Waals surface area contributed by atoms with Crippen molar-refractivity contribution in [2.75, 3.05) is 0 Å². The Bertz CT molecular complexity index is 2380. The fraction of sp³-hybridized carbons (Fsp3) is 0.170. The molecule has 5 heteroatoms. The van der Waals surface area contributed by atoms with Crippen molar-refractivity contribution in [3.8, 4) is 33.6 Å². The molecule has 1 aliphatic carbocycles. The molecule has 1 saturated carbocycles. The number of aromatic nitrogens is 3. The molecule has 0 saturated heterocycles. The van der Waals surface area contributed by atoms with Crippen LogP contribution in [0.15, 0.2) is 144 Å². The molecule has 9 rings (SSSR count). The number of fused-ring (bicyclic) bond motifs is 3. The summed E-state index contributed by atoms with van der Waals surface area (Å²) in [7, 11) is 0. The van der Waals surface area contributed by atoms with Crippen molar-refractivity contribution in [1.82, 2.24) is 15.0 Å². The van der Waals surface area contributed by atoms with E-state index >= 15 is 0 Å². The van der Waals surface area contributed by atoms with Crippen LogP contribution in [0.25, 0.3) is 55.7 Å². The van der Waals surface area contributed by atoms with Crippen molar-refractivity contribution >= 4 is 22.1 Å². The summed E-state index contributed by atoms with van der Waals surface area (Å²) < 4.78 is 6.07. The van der Waals surface area contributed by atoms with Crippen LogP contribution in [0.3, 0.4) is 0 Å². The van der Waals surface area contributed by atoms with Gasteiger partial charge in [0.2, 0.25) is 5.71 Å². The Morgan fingerprint density at radius 3 is 2.27 bits per heavy atom. The molecule has 259 valence electrons. The number of nitrogens with zero attached hydrogens (tertiary/aromatic N) is 3. The zero-order valence-electron chi connectivity index (χ0n) is 29.2. The Kier molecular flexibility index (Phi) is 11.1. The maximum atomic E-state index is 6.07. The van der Waals surface area contributed by atoms with Gasteiger partial charge in [-0.1, -0.05) is 109 Å². The first-order valence-electron chi connectivity index (χ1n) is 17.9. The minimum Gasteiger partial charge on any atom is -0.486 e. The third-order valence-corrected chi connectivity index (χ3v) is 9.83. The predicted octanol–water partition coefficient (Wildman–Crippen LogP) is 11.7. The summed E-state index contributed by atoms with van der Waals surface area (Å²) in [5.74, 6) is 0.825. The molecule has 4 heterocycles. The summed E-state index contributed by atoms with van der Waals surface area (Å²) in [6.07, 6.45) is 11.3. The van der Waals surface area contributed by atoms with Crippen LogP contribution in [0.4, 0.5) is 0 Å². The Labute approximate surface area is 319 Å². The van der Waals surface area contributed by atoms with Crippen LogP contribution in [-0.4, -0.2) is 15.0 Å². The third kappa shape index (κ3) is 8.12. The van der Waals surface area contributed by atoms with Crippen LogP contribution in [0.5, 0.6) is 0 Å². The zero-order valence-corrected chi connectivity index (χ0v) is 31.6. The van der Waals surface area contributed by atoms with Crippen molar-refractivity contribution in [3.05, 3.63) is 174 Å². The molecule has 0 atom stereocenters. The maximum Gasteiger partial charge on any atom is 0.216 e. The first-order chi connectivity index (χ1) is 25.2. The molecule has 0 amide bonds. The Hall–Kier alpha value is -5.22. The van der Waals surface area contributed by atoms with Gasteiger partial charge in [-0.05, 0) is 71.1 Å². The fourth-order valence-electron chi connectivity index (χ4n) is 7.14. The summed E-state index contributed by atoms with van der Waals surface area (Å²) in [6.45, 7) is 2.09. The molecule has 52 heavy (non-hydrogen) atoms. The van der Waals surface area contributed by atoms with Crippen LogP contribution in [-0.2, 0) is 32.9 Å². The van der Waals surface area contributed by atoms with Crippen LogP contribution >= 0.6 is 0 Å². The molecular formula is C47H39IrN3O-2. The molecule has 1 radical (unpaired) electrons. The van der Waals surface area contributed by atoms with Gasteiger partial charge in [-0.25, -0.2) is 4.98 Å². The Morgan fingerprint density at radius 1 is 0.712 bits per heavy atom. The number of benzene rings is 4. The molecule has 1 aliphatic rings. The van der Waals surface area contributed by atoms with Gasteiger partial charge in [0.1, 0.15) is 0 Å². The molecule has 0 aliphatic heterocycles. The molecule has 4 aromatic heterocycles. The molecule has 1 fully saturated rings. The van der Waals surface area contributed by atoms with E-state index in [2.05, 4.69) is 114 Å². The third-order valence-electron chi connectivity index (χ3n) is 9.83. The van der Waals surface area contributed by atoms with Gasteiger partial charge >= 0.3 is 0 Å². The average Bonchev–Trinajstić information content (AvgIpc) is 3.83. The SMILES string of the molecule is Cc1cnc(-c2[c-]cccc2)cc1-c1ccccc1.[Ir].[c-]1cc2oc3nc(Cc4ccccc4)ccc3c2cc1-c1cc(CC2CCCC2)ccn1. The monoisotopic (exact) mass is 854 g/mol. The summed E-state index contributed by atoms with van der Waals surface area (Å²) in [5.41, 5.74) is 12.7. The van der Waals surface area contributed by atoms with Gasteiger partial charge in [0.15, 0.2) is 0 Å². The first kappa shape index (κ1) is 35.2. The summed E-state index contributed by atoms with van der Waals surface area (Å²) in [5, 5.41) is 2.10. The maximum absolute atomic E-state index is 6.07. The molecule has 0 unspecified atom stereocenters. The Morgan fingerprint density at radius 2 is 1.48 bits per heavy atom. The number of rotatable bonds is 7. The molecule has 0 spiro atoms. The van der Waals surface area contributed by atoms with Gasteiger partial charge in [-0.3, -0.25) is 0 Å². The van der Waals surface area contributed by atoms with Crippen molar-refractivity contribution in [2.45, 2.75) is 45.4 Å². The van der Waals surface area contributed by atoms with Gasteiger partial charge < -0.3 is 14.4 Å². The van der Waals surface area contributed by atoms with Crippen molar-refractivity contribution in [1.29, 1.82) is 0 Å². The van der Waals surface area contributed by atoms with Crippen molar-refractivity contribution < 1.29 is 24.5 Å². The molecule has 8 aromatic rings. The van der Waals surface area contributed by atoms with E-state index in [9.17, 15) is 0 Å². The minimum absolute atomic E-state index is 0.